The second kappa shape index (κ2) is 9.86. The van der Waals surface area contributed by atoms with Crippen LogP contribution in [0.1, 0.15) is 25.5 Å². The Balaban J connectivity index is 1.49. The SMILES string of the molecule is Cc1cnc(Nc2ccc(N3CCN(I)CC3)cc2)nc1Nc1cccn(C(C)C)c1=O. The van der Waals surface area contributed by atoms with Gasteiger partial charge in [0.15, 0.2) is 0 Å². The maximum atomic E-state index is 12.7. The van der Waals surface area contributed by atoms with Gasteiger partial charge < -0.3 is 20.1 Å². The molecule has 3 heterocycles. The van der Waals surface area contributed by atoms with Crippen molar-refractivity contribution in [2.24, 2.45) is 0 Å². The van der Waals surface area contributed by atoms with Gasteiger partial charge in [0.2, 0.25) is 5.95 Å². The third-order valence-corrected chi connectivity index (χ3v) is 6.43. The standard InChI is InChI=1S/C23H28IN7O/c1-16(2)31-10-4-5-20(22(31)32)27-21-17(3)15-25-23(28-21)26-18-6-8-19(9-7-18)29-11-13-30(24)14-12-29/h4-10,15-16H,11-14H2,1-3H3,(H2,25,26,27,28). The molecule has 32 heavy (non-hydrogen) atoms. The Morgan fingerprint density at radius 3 is 2.44 bits per heavy atom. The Labute approximate surface area is 202 Å². The highest BCUT2D eigenvalue weighted by molar-refractivity contribution is 14.1. The predicted molar refractivity (Wildman–Crippen MR) is 139 cm³/mol. The molecule has 1 aliphatic heterocycles. The van der Waals surface area contributed by atoms with Crippen molar-refractivity contribution in [2.75, 3.05) is 41.7 Å². The van der Waals surface area contributed by atoms with Crippen LogP contribution in [0, 0.1) is 6.92 Å². The van der Waals surface area contributed by atoms with Gasteiger partial charge >= 0.3 is 0 Å². The van der Waals surface area contributed by atoms with Crippen LogP contribution in [0.25, 0.3) is 0 Å². The number of hydrogen-bond acceptors (Lipinski definition) is 7. The lowest BCUT2D eigenvalue weighted by Crippen LogP contribution is -2.42. The van der Waals surface area contributed by atoms with Gasteiger partial charge in [-0.3, -0.25) is 4.79 Å². The lowest BCUT2D eigenvalue weighted by Gasteiger charge is -2.33. The number of pyridine rings is 1. The fraction of sp³-hybridized carbons (Fsp3) is 0.348. The predicted octanol–water partition coefficient (Wildman–Crippen LogP) is 4.49. The number of aromatic nitrogens is 3. The Bertz CT molecular complexity index is 1120. The fourth-order valence-corrected chi connectivity index (χ4v) is 4.02. The van der Waals surface area contributed by atoms with E-state index in [1.165, 1.54) is 5.69 Å². The van der Waals surface area contributed by atoms with E-state index in [0.29, 0.717) is 17.5 Å². The first kappa shape index (κ1) is 22.5. The molecule has 0 amide bonds. The molecule has 0 unspecified atom stereocenters. The highest BCUT2D eigenvalue weighted by Gasteiger charge is 2.15. The van der Waals surface area contributed by atoms with Crippen LogP contribution in [-0.2, 0) is 0 Å². The van der Waals surface area contributed by atoms with Crippen LogP contribution in [-0.4, -0.2) is 43.8 Å². The highest BCUT2D eigenvalue weighted by atomic mass is 127. The van der Waals surface area contributed by atoms with E-state index >= 15 is 0 Å². The average Bonchev–Trinajstić information content (AvgIpc) is 2.78. The maximum absolute atomic E-state index is 12.7. The summed E-state index contributed by atoms with van der Waals surface area (Å²) in [5, 5.41) is 6.45. The molecule has 1 fully saturated rings. The third-order valence-electron chi connectivity index (χ3n) is 5.47. The summed E-state index contributed by atoms with van der Waals surface area (Å²) >= 11 is 2.38. The summed E-state index contributed by atoms with van der Waals surface area (Å²) in [5.74, 6) is 1.08. The average molecular weight is 545 g/mol. The molecule has 1 aliphatic rings. The van der Waals surface area contributed by atoms with E-state index in [4.69, 9.17) is 0 Å². The molecule has 0 saturated carbocycles. The van der Waals surface area contributed by atoms with Crippen molar-refractivity contribution in [1.82, 2.24) is 17.6 Å². The Morgan fingerprint density at radius 2 is 1.75 bits per heavy atom. The molecule has 3 aromatic rings. The van der Waals surface area contributed by atoms with Crippen LogP contribution in [0.4, 0.5) is 28.8 Å². The van der Waals surface area contributed by atoms with Gasteiger partial charge in [-0.05, 0) is 57.2 Å². The molecule has 0 atom stereocenters. The van der Waals surface area contributed by atoms with Crippen LogP contribution >= 0.6 is 22.9 Å². The number of anilines is 5. The van der Waals surface area contributed by atoms with Gasteiger partial charge in [0.05, 0.1) is 0 Å². The molecule has 2 N–H and O–H groups in total. The first-order valence-electron chi connectivity index (χ1n) is 10.8. The largest absolute Gasteiger partial charge is 0.369 e. The minimum absolute atomic E-state index is 0.0750. The highest BCUT2D eigenvalue weighted by Crippen LogP contribution is 2.23. The van der Waals surface area contributed by atoms with Gasteiger partial charge in [0, 0.05) is 84.4 Å². The monoisotopic (exact) mass is 545 g/mol. The van der Waals surface area contributed by atoms with Crippen molar-refractivity contribution in [3.8, 4) is 0 Å². The molecule has 1 aromatic carbocycles. The third kappa shape index (κ3) is 5.21. The molecule has 0 aliphatic carbocycles. The van der Waals surface area contributed by atoms with Crippen molar-refractivity contribution >= 4 is 51.7 Å². The lowest BCUT2D eigenvalue weighted by molar-refractivity contribution is 0.460. The van der Waals surface area contributed by atoms with Crippen LogP contribution < -0.4 is 21.1 Å². The van der Waals surface area contributed by atoms with Gasteiger partial charge in [-0.2, -0.15) is 4.98 Å². The number of hydrogen-bond donors (Lipinski definition) is 2. The Hall–Kier alpha value is -2.66. The van der Waals surface area contributed by atoms with Crippen molar-refractivity contribution in [2.45, 2.75) is 26.8 Å². The molecule has 0 radical (unpaired) electrons. The molecular weight excluding hydrogens is 517 g/mol. The van der Waals surface area contributed by atoms with Gasteiger partial charge in [-0.25, -0.2) is 8.10 Å². The molecule has 1 saturated heterocycles. The number of halogens is 1. The number of aryl methyl sites for hydroxylation is 1. The van der Waals surface area contributed by atoms with E-state index in [2.05, 4.69) is 63.6 Å². The summed E-state index contributed by atoms with van der Waals surface area (Å²) in [7, 11) is 0. The first-order chi connectivity index (χ1) is 15.4. The normalized spacial score (nSPS) is 14.6. The molecular formula is C23H28IN7O. The minimum Gasteiger partial charge on any atom is -0.369 e. The summed E-state index contributed by atoms with van der Waals surface area (Å²) in [6, 6.07) is 12.0. The number of rotatable bonds is 6. The van der Waals surface area contributed by atoms with Crippen molar-refractivity contribution in [1.29, 1.82) is 0 Å². The van der Waals surface area contributed by atoms with E-state index < -0.39 is 0 Å². The zero-order valence-corrected chi connectivity index (χ0v) is 20.7. The van der Waals surface area contributed by atoms with E-state index in [9.17, 15) is 4.79 Å². The van der Waals surface area contributed by atoms with Gasteiger partial charge in [0.25, 0.3) is 5.56 Å². The van der Waals surface area contributed by atoms with E-state index in [-0.39, 0.29) is 11.6 Å². The molecule has 0 spiro atoms. The van der Waals surface area contributed by atoms with Crippen molar-refractivity contribution in [3.63, 3.8) is 0 Å². The summed E-state index contributed by atoms with van der Waals surface area (Å²) in [4.78, 5) is 24.1. The summed E-state index contributed by atoms with van der Waals surface area (Å²) in [6.07, 6.45) is 3.54. The molecule has 4 rings (SSSR count). The van der Waals surface area contributed by atoms with E-state index in [1.54, 1.807) is 23.0 Å². The Kier molecular flexibility index (Phi) is 6.95. The van der Waals surface area contributed by atoms with Gasteiger partial charge in [-0.1, -0.05) is 0 Å². The first-order valence-corrected chi connectivity index (χ1v) is 11.7. The van der Waals surface area contributed by atoms with Crippen molar-refractivity contribution < 1.29 is 0 Å². The fourth-order valence-electron chi connectivity index (χ4n) is 3.59. The second-order valence-corrected chi connectivity index (χ2v) is 9.51. The van der Waals surface area contributed by atoms with Crippen LogP contribution in [0.2, 0.25) is 0 Å². The smallest absolute Gasteiger partial charge is 0.274 e. The Morgan fingerprint density at radius 1 is 1.03 bits per heavy atom. The lowest BCUT2D eigenvalue weighted by atomic mass is 10.2. The number of nitrogens with one attached hydrogen (secondary N) is 2. The van der Waals surface area contributed by atoms with E-state index in [0.717, 1.165) is 37.4 Å². The summed E-state index contributed by atoms with van der Waals surface area (Å²) in [5.41, 5.74) is 3.41. The maximum Gasteiger partial charge on any atom is 0.274 e. The number of nitrogens with zero attached hydrogens (tertiary/aromatic N) is 5. The minimum atomic E-state index is -0.0750. The molecule has 9 heteroatoms. The number of piperazine rings is 1. The van der Waals surface area contributed by atoms with Crippen LogP contribution in [0.15, 0.2) is 53.6 Å². The quantitative estimate of drug-likeness (QED) is 0.349. The zero-order chi connectivity index (χ0) is 22.7. The topological polar surface area (TPSA) is 78.3 Å². The summed E-state index contributed by atoms with van der Waals surface area (Å²) < 4.78 is 4.01. The van der Waals surface area contributed by atoms with Crippen LogP contribution in [0.3, 0.4) is 0 Å². The van der Waals surface area contributed by atoms with E-state index in [1.807, 2.05) is 39.0 Å². The molecule has 8 nitrogen and oxygen atoms in total. The van der Waals surface area contributed by atoms with Gasteiger partial charge in [0.1, 0.15) is 11.5 Å². The van der Waals surface area contributed by atoms with Crippen molar-refractivity contribution in [3.05, 3.63) is 64.7 Å². The van der Waals surface area contributed by atoms with Crippen LogP contribution in [0.5, 0.6) is 0 Å². The van der Waals surface area contributed by atoms with Gasteiger partial charge in [-0.15, -0.1) is 0 Å². The molecule has 0 bridgehead atoms. The molecule has 2 aromatic heterocycles. The summed E-state index contributed by atoms with van der Waals surface area (Å²) in [6.45, 7) is 10.1. The number of benzene rings is 1. The second-order valence-electron chi connectivity index (χ2n) is 8.15. The molecule has 168 valence electrons. The zero-order valence-electron chi connectivity index (χ0n) is 18.5.